The number of carbonyl (C=O) groups excluding carboxylic acids is 2. The molecule has 124 valence electrons. The van der Waals surface area contributed by atoms with Crippen LogP contribution in [-0.2, 0) is 0 Å². The van der Waals surface area contributed by atoms with Crippen molar-refractivity contribution in [3.05, 3.63) is 65.7 Å². The van der Waals surface area contributed by atoms with Crippen molar-refractivity contribution < 1.29 is 9.59 Å². The molecule has 2 rings (SSSR count). The number of hydrogen-bond donors (Lipinski definition) is 2. The van der Waals surface area contributed by atoms with E-state index in [2.05, 4.69) is 15.6 Å². The van der Waals surface area contributed by atoms with E-state index in [4.69, 9.17) is 0 Å². The summed E-state index contributed by atoms with van der Waals surface area (Å²) in [7, 11) is 0. The molecule has 0 saturated heterocycles. The highest BCUT2D eigenvalue weighted by atomic mass is 32.2. The molecule has 5 nitrogen and oxygen atoms in total. The molecule has 0 saturated carbocycles. The fraction of sp³-hybridized carbons (Fsp3) is 0.167. The first-order chi connectivity index (χ1) is 11.6. The normalized spacial score (nSPS) is 11.0. The third-order valence-corrected chi connectivity index (χ3v) is 3.66. The monoisotopic (exact) mass is 341 g/mol. The zero-order chi connectivity index (χ0) is 17.4. The summed E-state index contributed by atoms with van der Waals surface area (Å²) in [5, 5.41) is 5.02. The molecule has 2 amide bonds. The van der Waals surface area contributed by atoms with Crippen molar-refractivity contribution in [2.24, 2.45) is 4.99 Å². The molecule has 2 aromatic carbocycles. The lowest BCUT2D eigenvalue weighted by atomic mass is 10.1. The van der Waals surface area contributed by atoms with Gasteiger partial charge in [-0.2, -0.15) is 0 Å². The predicted molar refractivity (Wildman–Crippen MR) is 98.8 cm³/mol. The lowest BCUT2D eigenvalue weighted by molar-refractivity contribution is 0.0976. The van der Waals surface area contributed by atoms with E-state index in [0.717, 1.165) is 17.3 Å². The van der Waals surface area contributed by atoms with Gasteiger partial charge in [0.05, 0.1) is 5.69 Å². The minimum atomic E-state index is -0.324. The van der Waals surface area contributed by atoms with Crippen LogP contribution in [0.2, 0.25) is 0 Å². The van der Waals surface area contributed by atoms with E-state index in [-0.39, 0.29) is 17.1 Å². The third-order valence-electron chi connectivity index (χ3n) is 3.01. The van der Waals surface area contributed by atoms with Crippen molar-refractivity contribution in [3.8, 4) is 0 Å². The first-order valence-electron chi connectivity index (χ1n) is 7.54. The highest BCUT2D eigenvalue weighted by Crippen LogP contribution is 2.10. The van der Waals surface area contributed by atoms with Gasteiger partial charge >= 0.3 is 0 Å². The van der Waals surface area contributed by atoms with Gasteiger partial charge in [-0.3, -0.25) is 20.2 Å². The molecule has 0 heterocycles. The molecule has 0 aliphatic rings. The zero-order valence-corrected chi connectivity index (χ0v) is 14.4. The van der Waals surface area contributed by atoms with Gasteiger partial charge in [0.15, 0.2) is 0 Å². The Bertz CT molecular complexity index is 745. The molecule has 0 radical (unpaired) electrons. The summed E-state index contributed by atoms with van der Waals surface area (Å²) in [6.07, 6.45) is 0. The summed E-state index contributed by atoms with van der Waals surface area (Å²) in [4.78, 5) is 28.5. The van der Waals surface area contributed by atoms with E-state index >= 15 is 0 Å². The van der Waals surface area contributed by atoms with Crippen LogP contribution < -0.4 is 10.6 Å². The van der Waals surface area contributed by atoms with Gasteiger partial charge in [0.1, 0.15) is 0 Å². The van der Waals surface area contributed by atoms with Crippen LogP contribution in [0.1, 0.15) is 22.8 Å². The molecule has 0 fully saturated rings. The van der Waals surface area contributed by atoms with Gasteiger partial charge in [0.25, 0.3) is 11.1 Å². The number of aryl methyl sites for hydroxylation is 1. The molecular formula is C18H19N3O2S. The average Bonchev–Trinajstić information content (AvgIpc) is 2.56. The van der Waals surface area contributed by atoms with Crippen molar-refractivity contribution in [1.82, 2.24) is 10.6 Å². The number of carbonyl (C=O) groups is 2. The number of hydrogen-bond acceptors (Lipinski definition) is 4. The zero-order valence-electron chi connectivity index (χ0n) is 13.6. The SMILES string of the molecule is CCSC(=O)NC(=Nc1ccccc1)NC(=O)c1cccc(C)c1. The molecule has 0 aliphatic heterocycles. The Hall–Kier alpha value is -2.60. The topological polar surface area (TPSA) is 70.6 Å². The Morgan fingerprint density at radius 3 is 2.46 bits per heavy atom. The molecule has 0 unspecified atom stereocenters. The molecule has 0 aromatic heterocycles. The fourth-order valence-electron chi connectivity index (χ4n) is 1.95. The summed E-state index contributed by atoms with van der Waals surface area (Å²) in [5.74, 6) is 0.421. The van der Waals surface area contributed by atoms with Crippen LogP contribution in [0.3, 0.4) is 0 Å². The standard InChI is InChI=1S/C18H19N3O2S/c1-3-24-18(23)21-17(19-15-10-5-4-6-11-15)20-16(22)14-9-7-8-13(2)12-14/h4-12H,3H2,1-2H3,(H2,19,20,21,22,23). The molecule has 0 spiro atoms. The van der Waals surface area contributed by atoms with Crippen LogP contribution >= 0.6 is 11.8 Å². The molecule has 6 heteroatoms. The highest BCUT2D eigenvalue weighted by Gasteiger charge is 2.12. The van der Waals surface area contributed by atoms with Gasteiger partial charge in [-0.15, -0.1) is 0 Å². The van der Waals surface area contributed by atoms with Gasteiger partial charge < -0.3 is 0 Å². The van der Waals surface area contributed by atoms with Crippen LogP contribution in [0.25, 0.3) is 0 Å². The molecule has 0 bridgehead atoms. The number of aliphatic imine (C=N–C) groups is 1. The van der Waals surface area contributed by atoms with E-state index in [0.29, 0.717) is 17.0 Å². The molecule has 2 aromatic rings. The van der Waals surface area contributed by atoms with Crippen molar-refractivity contribution in [3.63, 3.8) is 0 Å². The van der Waals surface area contributed by atoms with Crippen LogP contribution in [-0.4, -0.2) is 22.9 Å². The summed E-state index contributed by atoms with van der Waals surface area (Å²) >= 11 is 1.11. The lowest BCUT2D eigenvalue weighted by Gasteiger charge is -2.10. The van der Waals surface area contributed by atoms with Crippen LogP contribution in [0.15, 0.2) is 59.6 Å². The Morgan fingerprint density at radius 1 is 1.04 bits per heavy atom. The Labute approximate surface area is 145 Å². The van der Waals surface area contributed by atoms with Crippen molar-refractivity contribution >= 4 is 34.6 Å². The molecule has 0 aliphatic carbocycles. The number of benzene rings is 2. The van der Waals surface area contributed by atoms with Crippen LogP contribution in [0, 0.1) is 6.92 Å². The number of nitrogens with zero attached hydrogens (tertiary/aromatic N) is 1. The van der Waals surface area contributed by atoms with E-state index in [1.54, 1.807) is 24.3 Å². The number of para-hydroxylation sites is 1. The number of rotatable bonds is 3. The quantitative estimate of drug-likeness (QED) is 0.657. The average molecular weight is 341 g/mol. The number of guanidine groups is 1. The molecule has 24 heavy (non-hydrogen) atoms. The van der Waals surface area contributed by atoms with Crippen molar-refractivity contribution in [2.45, 2.75) is 13.8 Å². The minimum Gasteiger partial charge on any atom is -0.292 e. The second-order valence-corrected chi connectivity index (χ2v) is 6.20. The maximum Gasteiger partial charge on any atom is 0.285 e. The first kappa shape index (κ1) is 17.7. The number of amides is 2. The van der Waals surface area contributed by atoms with Gasteiger partial charge in [-0.1, -0.05) is 54.6 Å². The molecular weight excluding hydrogens is 322 g/mol. The van der Waals surface area contributed by atoms with Crippen LogP contribution in [0.4, 0.5) is 10.5 Å². The second kappa shape index (κ2) is 8.88. The maximum atomic E-state index is 12.4. The number of thioether (sulfide) groups is 1. The largest absolute Gasteiger partial charge is 0.292 e. The smallest absolute Gasteiger partial charge is 0.285 e. The Kier molecular flexibility index (Phi) is 6.57. The van der Waals surface area contributed by atoms with E-state index in [9.17, 15) is 9.59 Å². The fourth-order valence-corrected chi connectivity index (χ4v) is 2.38. The van der Waals surface area contributed by atoms with Gasteiger partial charge in [-0.25, -0.2) is 4.99 Å². The van der Waals surface area contributed by atoms with Crippen molar-refractivity contribution in [1.29, 1.82) is 0 Å². The number of nitrogens with one attached hydrogen (secondary N) is 2. The summed E-state index contributed by atoms with van der Waals surface area (Å²) < 4.78 is 0. The first-order valence-corrected chi connectivity index (χ1v) is 8.52. The molecule has 2 N–H and O–H groups in total. The highest BCUT2D eigenvalue weighted by molar-refractivity contribution is 8.13. The second-order valence-electron chi connectivity index (χ2n) is 4.97. The summed E-state index contributed by atoms with van der Waals surface area (Å²) in [5.41, 5.74) is 2.13. The summed E-state index contributed by atoms with van der Waals surface area (Å²) in [6.45, 7) is 3.79. The van der Waals surface area contributed by atoms with Gasteiger partial charge in [-0.05, 0) is 36.9 Å². The Balaban J connectivity index is 2.20. The van der Waals surface area contributed by atoms with Crippen molar-refractivity contribution in [2.75, 3.05) is 5.75 Å². The Morgan fingerprint density at radius 2 is 1.79 bits per heavy atom. The lowest BCUT2D eigenvalue weighted by Crippen LogP contribution is -2.42. The van der Waals surface area contributed by atoms with Crippen LogP contribution in [0.5, 0.6) is 0 Å². The van der Waals surface area contributed by atoms with E-state index in [1.807, 2.05) is 44.2 Å². The maximum absolute atomic E-state index is 12.4. The molecule has 0 atom stereocenters. The third kappa shape index (κ3) is 5.55. The van der Waals surface area contributed by atoms with E-state index in [1.165, 1.54) is 0 Å². The minimum absolute atomic E-state index is 0.110. The summed E-state index contributed by atoms with van der Waals surface area (Å²) in [6, 6.07) is 16.3. The van der Waals surface area contributed by atoms with Gasteiger partial charge in [0, 0.05) is 5.56 Å². The van der Waals surface area contributed by atoms with Gasteiger partial charge in [0.2, 0.25) is 5.96 Å². The predicted octanol–water partition coefficient (Wildman–Crippen LogP) is 3.88. The van der Waals surface area contributed by atoms with E-state index < -0.39 is 0 Å².